The summed E-state index contributed by atoms with van der Waals surface area (Å²) in [5.41, 5.74) is 2.08. The molecule has 0 bridgehead atoms. The van der Waals surface area contributed by atoms with Crippen LogP contribution in [-0.2, 0) is 4.79 Å². The summed E-state index contributed by atoms with van der Waals surface area (Å²) in [6.07, 6.45) is 0. The van der Waals surface area contributed by atoms with Gasteiger partial charge in [0.2, 0.25) is 0 Å². The van der Waals surface area contributed by atoms with Gasteiger partial charge in [-0.2, -0.15) is 0 Å². The van der Waals surface area contributed by atoms with Crippen LogP contribution in [0, 0.1) is 0 Å². The van der Waals surface area contributed by atoms with Gasteiger partial charge in [0.25, 0.3) is 5.91 Å². The summed E-state index contributed by atoms with van der Waals surface area (Å²) < 4.78 is 0.953. The standard InChI is InChI=1S/C16H20BrN3O2/c1-4-20(5-2)15(21)13-10(3)18-16(22)19-14(13)11-6-8-12(17)9-7-11/h6-9,14H,4-5H2,1-3H3,(H2,18,19,22)/t14-/m0/s1. The van der Waals surface area contributed by atoms with Crippen LogP contribution in [0.2, 0.25) is 0 Å². The molecule has 0 aromatic heterocycles. The zero-order valence-corrected chi connectivity index (χ0v) is 14.5. The van der Waals surface area contributed by atoms with Crippen molar-refractivity contribution in [2.24, 2.45) is 0 Å². The molecule has 1 aromatic carbocycles. The van der Waals surface area contributed by atoms with Crippen molar-refractivity contribution in [2.45, 2.75) is 26.8 Å². The molecule has 1 aliphatic heterocycles. The van der Waals surface area contributed by atoms with E-state index in [1.165, 1.54) is 0 Å². The van der Waals surface area contributed by atoms with E-state index in [1.807, 2.05) is 38.1 Å². The molecule has 5 nitrogen and oxygen atoms in total. The van der Waals surface area contributed by atoms with E-state index in [-0.39, 0.29) is 11.9 Å². The lowest BCUT2D eigenvalue weighted by Gasteiger charge is -2.31. The van der Waals surface area contributed by atoms with E-state index in [2.05, 4.69) is 26.6 Å². The number of hydrogen-bond acceptors (Lipinski definition) is 2. The summed E-state index contributed by atoms with van der Waals surface area (Å²) >= 11 is 3.40. The fourth-order valence-electron chi connectivity index (χ4n) is 2.56. The van der Waals surface area contributed by atoms with Gasteiger partial charge in [-0.3, -0.25) is 4.79 Å². The number of rotatable bonds is 4. The normalized spacial score (nSPS) is 17.8. The molecule has 0 aliphatic carbocycles. The van der Waals surface area contributed by atoms with Gasteiger partial charge in [-0.1, -0.05) is 28.1 Å². The van der Waals surface area contributed by atoms with Crippen molar-refractivity contribution in [3.63, 3.8) is 0 Å². The van der Waals surface area contributed by atoms with Crippen LogP contribution in [0.25, 0.3) is 0 Å². The first-order valence-corrected chi connectivity index (χ1v) is 8.10. The van der Waals surface area contributed by atoms with Crippen LogP contribution in [-0.4, -0.2) is 29.9 Å². The average Bonchev–Trinajstić information content (AvgIpc) is 2.48. The molecule has 1 atom stereocenters. The zero-order valence-electron chi connectivity index (χ0n) is 12.9. The summed E-state index contributed by atoms with van der Waals surface area (Å²) in [6.45, 7) is 6.92. The predicted molar refractivity (Wildman–Crippen MR) is 89.2 cm³/mol. The molecule has 118 valence electrons. The minimum absolute atomic E-state index is 0.0529. The molecule has 0 saturated carbocycles. The number of urea groups is 1. The number of benzene rings is 1. The first kappa shape index (κ1) is 16.5. The van der Waals surface area contributed by atoms with Crippen LogP contribution in [0.15, 0.2) is 40.0 Å². The van der Waals surface area contributed by atoms with Crippen LogP contribution < -0.4 is 10.6 Å². The van der Waals surface area contributed by atoms with Crippen LogP contribution in [0.4, 0.5) is 4.79 Å². The minimum atomic E-state index is -0.435. The third kappa shape index (κ3) is 3.32. The van der Waals surface area contributed by atoms with Gasteiger partial charge in [0.1, 0.15) is 0 Å². The van der Waals surface area contributed by atoms with Crippen LogP contribution in [0.1, 0.15) is 32.4 Å². The Labute approximate surface area is 138 Å². The minimum Gasteiger partial charge on any atom is -0.339 e. The topological polar surface area (TPSA) is 61.4 Å². The Kier molecular flexibility index (Phi) is 5.24. The molecule has 0 fully saturated rings. The summed E-state index contributed by atoms with van der Waals surface area (Å²) in [7, 11) is 0. The number of halogens is 1. The molecule has 1 aliphatic rings. The molecule has 0 spiro atoms. The van der Waals surface area contributed by atoms with Gasteiger partial charge >= 0.3 is 6.03 Å². The van der Waals surface area contributed by atoms with E-state index >= 15 is 0 Å². The van der Waals surface area contributed by atoms with Crippen molar-refractivity contribution in [2.75, 3.05) is 13.1 Å². The lowest BCUT2D eigenvalue weighted by Crippen LogP contribution is -2.47. The first-order valence-electron chi connectivity index (χ1n) is 7.30. The zero-order chi connectivity index (χ0) is 16.3. The molecule has 22 heavy (non-hydrogen) atoms. The number of nitrogens with one attached hydrogen (secondary N) is 2. The van der Waals surface area contributed by atoms with E-state index in [9.17, 15) is 9.59 Å². The number of carbonyl (C=O) groups excluding carboxylic acids is 2. The molecule has 1 aromatic rings. The average molecular weight is 366 g/mol. The Bertz CT molecular complexity index is 606. The Morgan fingerprint density at radius 2 is 1.82 bits per heavy atom. The van der Waals surface area contributed by atoms with Crippen LogP contribution in [0.5, 0.6) is 0 Å². The third-order valence-corrected chi connectivity index (χ3v) is 4.28. The Balaban J connectivity index is 2.45. The predicted octanol–water partition coefficient (Wildman–Crippen LogP) is 2.95. The maximum absolute atomic E-state index is 12.8. The molecular formula is C16H20BrN3O2. The van der Waals surface area contributed by atoms with Gasteiger partial charge in [0.05, 0.1) is 11.6 Å². The highest BCUT2D eigenvalue weighted by Gasteiger charge is 2.32. The summed E-state index contributed by atoms with van der Waals surface area (Å²) in [6, 6.07) is 6.89. The van der Waals surface area contributed by atoms with Crippen molar-refractivity contribution >= 4 is 27.9 Å². The number of carbonyl (C=O) groups is 2. The fraction of sp³-hybridized carbons (Fsp3) is 0.375. The lowest BCUT2D eigenvalue weighted by molar-refractivity contribution is -0.127. The molecule has 2 rings (SSSR count). The van der Waals surface area contributed by atoms with E-state index in [0.717, 1.165) is 10.0 Å². The largest absolute Gasteiger partial charge is 0.339 e. The lowest BCUT2D eigenvalue weighted by atomic mass is 9.94. The Hall–Kier alpha value is -1.82. The quantitative estimate of drug-likeness (QED) is 0.861. The first-order chi connectivity index (χ1) is 10.5. The van der Waals surface area contributed by atoms with Crippen molar-refractivity contribution in [1.82, 2.24) is 15.5 Å². The highest BCUT2D eigenvalue weighted by molar-refractivity contribution is 9.10. The van der Waals surface area contributed by atoms with E-state index < -0.39 is 6.04 Å². The Morgan fingerprint density at radius 3 is 2.36 bits per heavy atom. The third-order valence-electron chi connectivity index (χ3n) is 3.75. The molecule has 6 heteroatoms. The molecular weight excluding hydrogens is 346 g/mol. The van der Waals surface area contributed by atoms with Gasteiger partial charge in [-0.15, -0.1) is 0 Å². The number of amides is 3. The summed E-state index contributed by atoms with van der Waals surface area (Å²) in [5, 5.41) is 5.54. The highest BCUT2D eigenvalue weighted by atomic mass is 79.9. The second-order valence-corrected chi connectivity index (χ2v) is 6.01. The van der Waals surface area contributed by atoms with E-state index in [4.69, 9.17) is 0 Å². The SMILES string of the molecule is CCN(CC)C(=O)C1=C(C)NC(=O)N[C@H]1c1ccc(Br)cc1. The van der Waals surface area contributed by atoms with E-state index in [0.29, 0.717) is 24.4 Å². The molecule has 3 amide bonds. The Morgan fingerprint density at radius 1 is 1.23 bits per heavy atom. The smallest absolute Gasteiger partial charge is 0.319 e. The molecule has 0 radical (unpaired) electrons. The summed E-state index contributed by atoms with van der Waals surface area (Å²) in [5.74, 6) is -0.0529. The number of hydrogen-bond donors (Lipinski definition) is 2. The van der Waals surface area contributed by atoms with Crippen molar-refractivity contribution in [1.29, 1.82) is 0 Å². The maximum atomic E-state index is 12.8. The number of likely N-dealkylation sites (N-methyl/N-ethyl adjacent to an activating group) is 1. The second-order valence-electron chi connectivity index (χ2n) is 5.10. The molecule has 0 saturated heterocycles. The molecule has 1 heterocycles. The number of allylic oxidation sites excluding steroid dienone is 1. The number of nitrogens with zero attached hydrogens (tertiary/aromatic N) is 1. The maximum Gasteiger partial charge on any atom is 0.319 e. The molecule has 2 N–H and O–H groups in total. The van der Waals surface area contributed by atoms with Gasteiger partial charge < -0.3 is 15.5 Å². The monoisotopic (exact) mass is 365 g/mol. The highest BCUT2D eigenvalue weighted by Crippen LogP contribution is 2.28. The van der Waals surface area contributed by atoms with Crippen LogP contribution in [0.3, 0.4) is 0 Å². The fourth-order valence-corrected chi connectivity index (χ4v) is 2.83. The van der Waals surface area contributed by atoms with Crippen molar-refractivity contribution in [3.05, 3.63) is 45.6 Å². The van der Waals surface area contributed by atoms with Crippen LogP contribution >= 0.6 is 15.9 Å². The van der Waals surface area contributed by atoms with Gasteiger partial charge in [-0.05, 0) is 38.5 Å². The van der Waals surface area contributed by atoms with Gasteiger partial charge in [0, 0.05) is 23.3 Å². The van der Waals surface area contributed by atoms with Gasteiger partial charge in [-0.25, -0.2) is 4.79 Å². The van der Waals surface area contributed by atoms with Crippen molar-refractivity contribution < 1.29 is 9.59 Å². The summed E-state index contributed by atoms with van der Waals surface area (Å²) in [4.78, 5) is 26.4. The molecule has 0 unspecified atom stereocenters. The van der Waals surface area contributed by atoms with Crippen molar-refractivity contribution in [3.8, 4) is 0 Å². The second kappa shape index (κ2) is 6.96. The van der Waals surface area contributed by atoms with Gasteiger partial charge in [0.15, 0.2) is 0 Å². The van der Waals surface area contributed by atoms with E-state index in [1.54, 1.807) is 11.8 Å².